The molecule has 0 aromatic heterocycles. The van der Waals surface area contributed by atoms with Gasteiger partial charge in [-0.05, 0) is 26.2 Å². The maximum atomic E-state index is 14.2. The Morgan fingerprint density at radius 3 is 2.71 bits per heavy atom. The summed E-state index contributed by atoms with van der Waals surface area (Å²) in [5.41, 5.74) is -1.09. The van der Waals surface area contributed by atoms with Crippen LogP contribution in [-0.4, -0.2) is 121 Å². The first kappa shape index (κ1) is 26.1. The molecular weight excluding hydrogens is 454 g/mol. The summed E-state index contributed by atoms with van der Waals surface area (Å²) >= 11 is 0. The fourth-order valence-electron chi connectivity index (χ4n) is 6.39. The number of fused-ring (bicyclic) bond motifs is 1. The van der Waals surface area contributed by atoms with Crippen LogP contribution in [0.3, 0.4) is 0 Å². The van der Waals surface area contributed by atoms with E-state index in [-0.39, 0.29) is 25.0 Å². The molecule has 0 radical (unpaired) electrons. The van der Waals surface area contributed by atoms with Crippen LogP contribution in [-0.2, 0) is 28.6 Å². The van der Waals surface area contributed by atoms with Crippen molar-refractivity contribution in [3.63, 3.8) is 0 Å². The van der Waals surface area contributed by atoms with Gasteiger partial charge in [0.15, 0.2) is 0 Å². The van der Waals surface area contributed by atoms with Crippen LogP contribution in [0.5, 0.6) is 0 Å². The lowest BCUT2D eigenvalue weighted by Crippen LogP contribution is -2.59. The summed E-state index contributed by atoms with van der Waals surface area (Å²) in [6.45, 7) is 11.9. The van der Waals surface area contributed by atoms with Gasteiger partial charge < -0.3 is 29.1 Å². The third-order valence-corrected chi connectivity index (χ3v) is 8.06. The van der Waals surface area contributed by atoms with E-state index in [1.54, 1.807) is 17.9 Å². The molecule has 4 heterocycles. The number of likely N-dealkylation sites (tertiary alicyclic amines) is 1. The highest BCUT2D eigenvalue weighted by Crippen LogP contribution is 2.59. The number of morpholine rings is 1. The lowest BCUT2D eigenvalue weighted by Gasteiger charge is -2.39. The number of aliphatic hydroxyl groups excluding tert-OH is 1. The Balaban J connectivity index is 1.65. The van der Waals surface area contributed by atoms with Crippen molar-refractivity contribution in [1.82, 2.24) is 14.7 Å². The zero-order chi connectivity index (χ0) is 25.2. The highest BCUT2D eigenvalue weighted by Gasteiger charge is 2.75. The van der Waals surface area contributed by atoms with Crippen LogP contribution in [0.1, 0.15) is 33.1 Å². The number of hydrogen-bond donors (Lipinski definition) is 1. The molecule has 4 aliphatic rings. The third-order valence-electron chi connectivity index (χ3n) is 8.06. The predicted molar refractivity (Wildman–Crippen MR) is 126 cm³/mol. The Hall–Kier alpha value is -2.01. The van der Waals surface area contributed by atoms with Crippen molar-refractivity contribution in [2.24, 2.45) is 11.8 Å². The Morgan fingerprint density at radius 2 is 2.09 bits per heavy atom. The van der Waals surface area contributed by atoms with Gasteiger partial charge in [-0.15, -0.1) is 6.58 Å². The van der Waals surface area contributed by atoms with E-state index in [0.717, 1.165) is 13.1 Å². The topological polar surface area (TPSA) is 109 Å². The average Bonchev–Trinajstić information content (AvgIpc) is 3.51. The van der Waals surface area contributed by atoms with Crippen molar-refractivity contribution in [3.8, 4) is 0 Å². The zero-order valence-corrected chi connectivity index (χ0v) is 20.9. The van der Waals surface area contributed by atoms with Crippen LogP contribution in [0, 0.1) is 11.8 Å². The summed E-state index contributed by atoms with van der Waals surface area (Å²) in [6.07, 6.45) is 2.85. The van der Waals surface area contributed by atoms with E-state index in [9.17, 15) is 19.5 Å². The molecule has 1 N–H and O–H groups in total. The number of rotatable bonds is 11. The summed E-state index contributed by atoms with van der Waals surface area (Å²) in [6, 6.07) is -1.43. The number of amides is 2. The number of ether oxygens (including phenoxy) is 3. The second kappa shape index (κ2) is 10.9. The number of hydrogen-bond acceptors (Lipinski definition) is 8. The number of aliphatic hydroxyl groups is 1. The van der Waals surface area contributed by atoms with Gasteiger partial charge in [0.25, 0.3) is 0 Å². The Morgan fingerprint density at radius 1 is 1.34 bits per heavy atom. The van der Waals surface area contributed by atoms with Crippen molar-refractivity contribution < 1.29 is 33.7 Å². The standard InChI is InChI=1S/C25H39N3O7/c1-4-9-27(11-10-26-12-14-33-15-13-26)23(31)21-25-8-7-18(35-25)19(24(32)34-6-3)20(25)22(30)28(21)17(5-2)16-29/h4,17-21,29H,1,5-16H2,2-3H3/t17-,18-,19+,20-,21?,25?/m0/s1. The van der Waals surface area contributed by atoms with Crippen LogP contribution in [0.2, 0.25) is 0 Å². The summed E-state index contributed by atoms with van der Waals surface area (Å²) in [7, 11) is 0. The fraction of sp³-hybridized carbons (Fsp3) is 0.800. The Labute approximate surface area is 207 Å². The molecule has 2 bridgehead atoms. The van der Waals surface area contributed by atoms with Crippen molar-refractivity contribution >= 4 is 17.8 Å². The van der Waals surface area contributed by atoms with Crippen molar-refractivity contribution in [2.45, 2.75) is 56.9 Å². The van der Waals surface area contributed by atoms with Crippen LogP contribution in [0.25, 0.3) is 0 Å². The van der Waals surface area contributed by atoms with Gasteiger partial charge in [-0.2, -0.15) is 0 Å². The Kier molecular flexibility index (Phi) is 8.15. The predicted octanol–water partition coefficient (Wildman–Crippen LogP) is 0.0418. The molecule has 4 fully saturated rings. The molecule has 6 atom stereocenters. The van der Waals surface area contributed by atoms with E-state index in [1.807, 2.05) is 6.92 Å². The first-order valence-electron chi connectivity index (χ1n) is 12.9. The zero-order valence-electron chi connectivity index (χ0n) is 20.9. The number of carbonyl (C=O) groups is 3. The molecule has 2 unspecified atom stereocenters. The van der Waals surface area contributed by atoms with Gasteiger partial charge in [-0.25, -0.2) is 0 Å². The van der Waals surface area contributed by atoms with Gasteiger partial charge >= 0.3 is 5.97 Å². The second-order valence-electron chi connectivity index (χ2n) is 9.83. The SMILES string of the molecule is C=CCN(CCN1CCOCC1)C(=O)C1N([C@@H](CC)CO)C(=O)[C@@H]2[C@H](C(=O)OCC)[C@@H]3CCC12O3. The van der Waals surface area contributed by atoms with Crippen LogP contribution in [0.4, 0.5) is 0 Å². The van der Waals surface area contributed by atoms with Gasteiger partial charge in [-0.3, -0.25) is 19.3 Å². The van der Waals surface area contributed by atoms with E-state index in [1.165, 1.54) is 4.90 Å². The van der Waals surface area contributed by atoms with Crippen LogP contribution >= 0.6 is 0 Å². The quantitative estimate of drug-likeness (QED) is 0.318. The molecule has 4 saturated heterocycles. The maximum absolute atomic E-state index is 14.2. The molecule has 10 nitrogen and oxygen atoms in total. The number of esters is 1. The van der Waals surface area contributed by atoms with Gasteiger partial charge in [0.1, 0.15) is 11.6 Å². The lowest BCUT2D eigenvalue weighted by molar-refractivity contribution is -0.156. The van der Waals surface area contributed by atoms with E-state index in [0.29, 0.717) is 52.1 Å². The minimum absolute atomic E-state index is 0.213. The van der Waals surface area contributed by atoms with Gasteiger partial charge in [0.2, 0.25) is 11.8 Å². The first-order chi connectivity index (χ1) is 16.9. The lowest BCUT2D eigenvalue weighted by atomic mass is 9.70. The normalized spacial score (nSPS) is 33.0. The van der Waals surface area contributed by atoms with Gasteiger partial charge in [0, 0.05) is 32.7 Å². The van der Waals surface area contributed by atoms with Crippen molar-refractivity contribution in [2.75, 3.05) is 59.2 Å². The molecule has 1 spiro atoms. The first-order valence-corrected chi connectivity index (χ1v) is 12.9. The monoisotopic (exact) mass is 493 g/mol. The van der Waals surface area contributed by atoms with Crippen molar-refractivity contribution in [3.05, 3.63) is 12.7 Å². The summed E-state index contributed by atoms with van der Waals surface area (Å²) in [5.74, 6) is -2.46. The smallest absolute Gasteiger partial charge is 0.312 e. The molecule has 2 amide bonds. The van der Waals surface area contributed by atoms with Crippen molar-refractivity contribution in [1.29, 1.82) is 0 Å². The van der Waals surface area contributed by atoms with Crippen LogP contribution < -0.4 is 0 Å². The molecule has 0 aromatic rings. The van der Waals surface area contributed by atoms with E-state index >= 15 is 0 Å². The molecule has 4 rings (SSSR count). The average molecular weight is 494 g/mol. The van der Waals surface area contributed by atoms with E-state index < -0.39 is 41.6 Å². The molecule has 196 valence electrons. The van der Waals surface area contributed by atoms with E-state index in [4.69, 9.17) is 14.2 Å². The molecule has 0 aromatic carbocycles. The molecule has 10 heteroatoms. The van der Waals surface area contributed by atoms with Gasteiger partial charge in [0.05, 0.1) is 50.4 Å². The Bertz CT molecular complexity index is 813. The van der Waals surface area contributed by atoms with E-state index in [2.05, 4.69) is 11.5 Å². The summed E-state index contributed by atoms with van der Waals surface area (Å²) in [4.78, 5) is 46.4. The number of carbonyl (C=O) groups excluding carboxylic acids is 3. The molecule has 0 saturated carbocycles. The summed E-state index contributed by atoms with van der Waals surface area (Å²) in [5, 5.41) is 10.1. The molecule has 4 aliphatic heterocycles. The minimum Gasteiger partial charge on any atom is -0.466 e. The fourth-order valence-corrected chi connectivity index (χ4v) is 6.39. The minimum atomic E-state index is -1.09. The largest absolute Gasteiger partial charge is 0.466 e. The van der Waals surface area contributed by atoms with Gasteiger partial charge in [-0.1, -0.05) is 13.0 Å². The summed E-state index contributed by atoms with van der Waals surface area (Å²) < 4.78 is 17.1. The van der Waals surface area contributed by atoms with Crippen LogP contribution in [0.15, 0.2) is 12.7 Å². The highest BCUT2D eigenvalue weighted by atomic mass is 16.6. The maximum Gasteiger partial charge on any atom is 0.312 e. The number of nitrogens with zero attached hydrogens (tertiary/aromatic N) is 3. The second-order valence-corrected chi connectivity index (χ2v) is 9.83. The highest BCUT2D eigenvalue weighted by molar-refractivity contribution is 5.98. The molecule has 0 aliphatic carbocycles. The molecular formula is C25H39N3O7. The molecule has 35 heavy (non-hydrogen) atoms. The third kappa shape index (κ3) is 4.50.